The Kier molecular flexibility index (Phi) is 12.4. The summed E-state index contributed by atoms with van der Waals surface area (Å²) in [5, 5.41) is 0. The van der Waals surface area contributed by atoms with Gasteiger partial charge in [-0.05, 0) is 71.9 Å². The minimum absolute atomic E-state index is 1.08. The van der Waals surface area contributed by atoms with E-state index >= 15 is 0 Å². The summed E-state index contributed by atoms with van der Waals surface area (Å²) >= 11 is 0. The summed E-state index contributed by atoms with van der Waals surface area (Å²) in [7, 11) is 0. The number of hydrogen-bond acceptors (Lipinski definition) is 0. The van der Waals surface area contributed by atoms with Gasteiger partial charge < -0.3 is 0 Å². The van der Waals surface area contributed by atoms with Gasteiger partial charge in [0.2, 0.25) is 0 Å². The third kappa shape index (κ3) is 7.09. The molecular formula is C38H56B-. The predicted octanol–water partition coefficient (Wildman–Crippen LogP) is 8.89. The van der Waals surface area contributed by atoms with Gasteiger partial charge in [0.15, 0.2) is 0 Å². The molecule has 3 aromatic carbocycles. The summed E-state index contributed by atoms with van der Waals surface area (Å²) in [6.07, 6.45) is 14.8. The molecule has 39 heavy (non-hydrogen) atoms. The lowest BCUT2D eigenvalue weighted by atomic mass is 9.14. The van der Waals surface area contributed by atoms with Crippen molar-refractivity contribution >= 4 is 22.5 Å². The molecule has 0 amide bonds. The van der Waals surface area contributed by atoms with Crippen molar-refractivity contribution in [1.82, 2.24) is 0 Å². The van der Waals surface area contributed by atoms with Crippen LogP contribution in [0.1, 0.15) is 120 Å². The third-order valence-corrected chi connectivity index (χ3v) is 9.67. The highest BCUT2D eigenvalue weighted by Crippen LogP contribution is 2.23. The van der Waals surface area contributed by atoms with Gasteiger partial charge in [0.25, 0.3) is 0 Å². The van der Waals surface area contributed by atoms with Crippen LogP contribution in [-0.4, -0.2) is 6.15 Å². The maximum absolute atomic E-state index is 2.61. The van der Waals surface area contributed by atoms with Gasteiger partial charge in [-0.15, -0.1) is 0 Å². The van der Waals surface area contributed by atoms with Gasteiger partial charge in [-0.25, -0.2) is 0 Å². The molecule has 0 unspecified atom stereocenters. The number of benzene rings is 3. The van der Waals surface area contributed by atoms with Gasteiger partial charge in [0, 0.05) is 0 Å². The van der Waals surface area contributed by atoms with Gasteiger partial charge in [0.1, 0.15) is 0 Å². The highest BCUT2D eigenvalue weighted by molar-refractivity contribution is 7.11. The molecule has 0 saturated carbocycles. The minimum atomic E-state index is -1.08. The van der Waals surface area contributed by atoms with E-state index in [-0.39, 0.29) is 0 Å². The molecule has 0 fully saturated rings. The molecule has 0 N–H and O–H groups in total. The fourth-order valence-electron chi connectivity index (χ4n) is 7.19. The molecule has 212 valence electrons. The lowest BCUT2D eigenvalue weighted by molar-refractivity contribution is 0.623. The molecular weight excluding hydrogens is 467 g/mol. The summed E-state index contributed by atoms with van der Waals surface area (Å²) in [5.74, 6) is 0. The summed E-state index contributed by atoms with van der Waals surface area (Å²) in [6.45, 7) is 16.2. The number of rotatable bonds is 16. The quantitative estimate of drug-likeness (QED) is 0.130. The summed E-state index contributed by atoms with van der Waals surface area (Å²) in [6, 6.07) is 22.7. The Balaban J connectivity index is 2.30. The van der Waals surface area contributed by atoms with Crippen LogP contribution in [0.25, 0.3) is 0 Å². The molecule has 0 saturated heterocycles. The van der Waals surface area contributed by atoms with E-state index in [1.54, 1.807) is 16.4 Å². The van der Waals surface area contributed by atoms with Crippen LogP contribution < -0.4 is 16.4 Å². The summed E-state index contributed by atoms with van der Waals surface area (Å²) in [4.78, 5) is 0. The summed E-state index contributed by atoms with van der Waals surface area (Å²) < 4.78 is 0. The molecule has 0 aliphatic heterocycles. The third-order valence-electron chi connectivity index (χ3n) is 9.67. The second kappa shape index (κ2) is 15.5. The smallest absolute Gasteiger partial charge is 0.0815 e. The van der Waals surface area contributed by atoms with Crippen molar-refractivity contribution in [2.75, 3.05) is 0 Å². The van der Waals surface area contributed by atoms with Gasteiger partial charge in [0.05, 0.1) is 6.15 Å². The fourth-order valence-corrected chi connectivity index (χ4v) is 7.19. The van der Waals surface area contributed by atoms with Crippen molar-refractivity contribution in [3.05, 3.63) is 88.0 Å². The first-order valence-electron chi connectivity index (χ1n) is 16.6. The Morgan fingerprint density at radius 2 is 0.718 bits per heavy atom. The summed E-state index contributed by atoms with van der Waals surface area (Å²) in [5.41, 5.74) is 13.8. The van der Waals surface area contributed by atoms with Crippen LogP contribution in [0.15, 0.2) is 54.6 Å². The molecule has 3 aromatic rings. The zero-order chi connectivity index (χ0) is 28.3. The Bertz CT molecular complexity index is 1040. The van der Waals surface area contributed by atoms with E-state index in [1.165, 1.54) is 78.2 Å². The van der Waals surface area contributed by atoms with Crippen LogP contribution in [0, 0.1) is 0 Å². The standard InChI is InChI=1S/C38H56B/c1-8-15-16-17-18-19-26-39(36-23-20-30(9-2)33(12-5)27-36,37-24-21-31(10-3)34(13-6)28-37)38-25-22-32(11-4)35(14-7)29-38/h20-25,27-29H,8-19,26H2,1-7H3/q-1. The number of aryl methyl sites for hydroxylation is 6. The van der Waals surface area contributed by atoms with Crippen LogP contribution in [0.3, 0.4) is 0 Å². The molecule has 0 radical (unpaired) electrons. The Morgan fingerprint density at radius 3 is 1.05 bits per heavy atom. The van der Waals surface area contributed by atoms with Crippen LogP contribution in [-0.2, 0) is 38.5 Å². The van der Waals surface area contributed by atoms with Crippen molar-refractivity contribution < 1.29 is 0 Å². The van der Waals surface area contributed by atoms with Gasteiger partial charge in [-0.3, -0.25) is 0 Å². The van der Waals surface area contributed by atoms with E-state index in [9.17, 15) is 0 Å². The average molecular weight is 524 g/mol. The van der Waals surface area contributed by atoms with E-state index in [4.69, 9.17) is 0 Å². The predicted molar refractivity (Wildman–Crippen MR) is 178 cm³/mol. The van der Waals surface area contributed by atoms with E-state index in [0.29, 0.717) is 0 Å². The maximum Gasteiger partial charge on any atom is 0.0815 e. The molecule has 0 aliphatic rings. The molecule has 1 heteroatoms. The molecule has 0 atom stereocenters. The van der Waals surface area contributed by atoms with Crippen LogP contribution >= 0.6 is 0 Å². The largest absolute Gasteiger partial charge is 0.200 e. The molecule has 0 spiro atoms. The van der Waals surface area contributed by atoms with Gasteiger partial charge >= 0.3 is 0 Å². The van der Waals surface area contributed by atoms with Gasteiger partial charge in [-0.1, -0.05) is 142 Å². The first-order valence-corrected chi connectivity index (χ1v) is 16.6. The zero-order valence-corrected chi connectivity index (χ0v) is 26.5. The first kappa shape index (κ1) is 31.3. The maximum atomic E-state index is 2.61. The van der Waals surface area contributed by atoms with Crippen molar-refractivity contribution in [2.45, 2.75) is 132 Å². The van der Waals surface area contributed by atoms with E-state index in [1.807, 2.05) is 0 Å². The second-order valence-electron chi connectivity index (χ2n) is 11.8. The number of hydrogen-bond donors (Lipinski definition) is 0. The normalized spacial score (nSPS) is 11.8. The Hall–Kier alpha value is -2.28. The van der Waals surface area contributed by atoms with Crippen molar-refractivity contribution in [2.24, 2.45) is 0 Å². The van der Waals surface area contributed by atoms with Crippen LogP contribution in [0.2, 0.25) is 6.32 Å². The molecule has 0 heterocycles. The highest BCUT2D eigenvalue weighted by atomic mass is 14.2. The SMILES string of the molecule is CCCCCCCC[B-](c1ccc(CC)c(CC)c1)(c1ccc(CC)c(CC)c1)c1ccc(CC)c(CC)c1. The minimum Gasteiger partial charge on any atom is -0.200 e. The van der Waals surface area contributed by atoms with Crippen molar-refractivity contribution in [3.8, 4) is 0 Å². The topological polar surface area (TPSA) is 0 Å². The Morgan fingerprint density at radius 1 is 0.385 bits per heavy atom. The van der Waals surface area contributed by atoms with Crippen LogP contribution in [0.4, 0.5) is 0 Å². The lowest BCUT2D eigenvalue weighted by Gasteiger charge is -2.45. The molecule has 0 bridgehead atoms. The Labute approximate surface area is 242 Å². The van der Waals surface area contributed by atoms with Crippen molar-refractivity contribution in [1.29, 1.82) is 0 Å². The number of unbranched alkanes of at least 4 members (excludes halogenated alkanes) is 5. The second-order valence-corrected chi connectivity index (χ2v) is 11.8. The van der Waals surface area contributed by atoms with E-state index in [2.05, 4.69) is 103 Å². The van der Waals surface area contributed by atoms with E-state index in [0.717, 1.165) is 38.5 Å². The highest BCUT2D eigenvalue weighted by Gasteiger charge is 2.31. The fraction of sp³-hybridized carbons (Fsp3) is 0.526. The monoisotopic (exact) mass is 523 g/mol. The molecule has 3 rings (SSSR count). The van der Waals surface area contributed by atoms with Crippen LogP contribution in [0.5, 0.6) is 0 Å². The van der Waals surface area contributed by atoms with Gasteiger partial charge in [-0.2, -0.15) is 22.7 Å². The first-order chi connectivity index (χ1) is 19.0. The van der Waals surface area contributed by atoms with Crippen molar-refractivity contribution in [3.63, 3.8) is 0 Å². The zero-order valence-electron chi connectivity index (χ0n) is 26.5. The molecule has 0 aromatic heterocycles. The molecule has 0 aliphatic carbocycles. The lowest BCUT2D eigenvalue weighted by Crippen LogP contribution is -2.67. The average Bonchev–Trinajstić information content (AvgIpc) is 2.99. The van der Waals surface area contributed by atoms with E-state index < -0.39 is 6.15 Å². The molecule has 0 nitrogen and oxygen atoms in total.